The van der Waals surface area contributed by atoms with E-state index in [1.165, 1.54) is 0 Å². The van der Waals surface area contributed by atoms with Crippen molar-refractivity contribution in [2.24, 2.45) is 28.1 Å². The molecule has 0 saturated heterocycles. The van der Waals surface area contributed by atoms with Crippen LogP contribution < -0.4 is 0 Å². The molecule has 1 aliphatic rings. The Morgan fingerprint density at radius 3 is 2.16 bits per heavy atom. The zero-order valence-corrected chi connectivity index (χ0v) is 14.0. The van der Waals surface area contributed by atoms with Crippen molar-refractivity contribution >= 4 is 0 Å². The Morgan fingerprint density at radius 2 is 1.74 bits per heavy atom. The molecule has 0 aliphatic heterocycles. The summed E-state index contributed by atoms with van der Waals surface area (Å²) >= 11 is 0. The molecule has 0 N–H and O–H groups in total. The molecule has 0 aromatic rings. The summed E-state index contributed by atoms with van der Waals surface area (Å²) in [7, 11) is 0. The Kier molecular flexibility index (Phi) is 4.59. The molecule has 0 amide bonds. The summed E-state index contributed by atoms with van der Waals surface area (Å²) < 4.78 is 14.0. The molecule has 0 bridgehead atoms. The van der Waals surface area contributed by atoms with Crippen LogP contribution in [0.25, 0.3) is 0 Å². The van der Waals surface area contributed by atoms with Crippen molar-refractivity contribution in [1.29, 1.82) is 0 Å². The average molecular weight is 268 g/mol. The van der Waals surface area contributed by atoms with Crippen LogP contribution in [0.1, 0.15) is 67.7 Å². The topological polar surface area (TPSA) is 0 Å². The van der Waals surface area contributed by atoms with Crippen molar-refractivity contribution in [2.75, 3.05) is 0 Å². The summed E-state index contributed by atoms with van der Waals surface area (Å²) in [6.07, 6.45) is 4.51. The molecule has 1 rings (SSSR count). The van der Waals surface area contributed by atoms with E-state index in [0.717, 1.165) is 19.3 Å². The predicted octanol–water partition coefficient (Wildman–Crippen LogP) is 6.03. The van der Waals surface area contributed by atoms with Crippen LogP contribution in [0.3, 0.4) is 0 Å². The van der Waals surface area contributed by atoms with Gasteiger partial charge in [-0.2, -0.15) is 0 Å². The minimum Gasteiger partial charge on any atom is -0.247 e. The Hall–Kier alpha value is -0.330. The number of rotatable bonds is 4. The van der Waals surface area contributed by atoms with Crippen molar-refractivity contribution in [3.05, 3.63) is 12.7 Å². The van der Waals surface area contributed by atoms with Gasteiger partial charge in [0.2, 0.25) is 0 Å². The molecule has 1 fully saturated rings. The van der Waals surface area contributed by atoms with Gasteiger partial charge < -0.3 is 0 Å². The molecular weight excluding hydrogens is 235 g/mol. The van der Waals surface area contributed by atoms with Crippen LogP contribution in [0, 0.1) is 28.1 Å². The molecule has 0 heterocycles. The SMILES string of the molecule is C=CCC(C)(C)C1CCC([C@H](C)F)C(C)(C)C1(C)C. The van der Waals surface area contributed by atoms with Crippen molar-refractivity contribution in [2.45, 2.75) is 73.9 Å². The van der Waals surface area contributed by atoms with E-state index >= 15 is 0 Å². The van der Waals surface area contributed by atoms with Crippen LogP contribution >= 0.6 is 0 Å². The van der Waals surface area contributed by atoms with E-state index in [1.54, 1.807) is 6.92 Å². The van der Waals surface area contributed by atoms with Gasteiger partial charge in [-0.3, -0.25) is 0 Å². The lowest BCUT2D eigenvalue weighted by atomic mass is 9.45. The molecule has 1 heteroatoms. The summed E-state index contributed by atoms with van der Waals surface area (Å²) in [5.41, 5.74) is 0.415. The van der Waals surface area contributed by atoms with Crippen LogP contribution in [0.15, 0.2) is 12.7 Å². The standard InChI is InChI=1S/C18H33F/c1-9-12-16(3,4)15-11-10-14(13(2)19)17(5,6)18(15,7)8/h9,13-15H,1,10-12H2,2-8H3/t13-,14?,15?/m0/s1. The first-order valence-corrected chi connectivity index (χ1v) is 7.73. The van der Waals surface area contributed by atoms with E-state index in [2.05, 4.69) is 48.1 Å². The number of hydrogen-bond donors (Lipinski definition) is 0. The Balaban J connectivity index is 3.12. The van der Waals surface area contributed by atoms with E-state index in [1.807, 2.05) is 6.08 Å². The van der Waals surface area contributed by atoms with Gasteiger partial charge in [0.05, 0.1) is 0 Å². The van der Waals surface area contributed by atoms with Crippen molar-refractivity contribution in [1.82, 2.24) is 0 Å². The third-order valence-corrected chi connectivity index (χ3v) is 6.39. The highest BCUT2D eigenvalue weighted by Crippen LogP contribution is 2.61. The molecule has 0 spiro atoms. The van der Waals surface area contributed by atoms with Gasteiger partial charge in [0.15, 0.2) is 0 Å². The zero-order valence-electron chi connectivity index (χ0n) is 14.0. The van der Waals surface area contributed by atoms with Gasteiger partial charge in [-0.1, -0.05) is 47.6 Å². The molecule has 1 saturated carbocycles. The van der Waals surface area contributed by atoms with E-state index < -0.39 is 6.17 Å². The number of halogens is 1. The van der Waals surface area contributed by atoms with Crippen molar-refractivity contribution < 1.29 is 4.39 Å². The maximum atomic E-state index is 14.0. The van der Waals surface area contributed by atoms with Gasteiger partial charge in [-0.15, -0.1) is 6.58 Å². The van der Waals surface area contributed by atoms with Crippen LogP contribution in [0.2, 0.25) is 0 Å². The zero-order chi connectivity index (χ0) is 15.1. The normalized spacial score (nSPS) is 31.8. The van der Waals surface area contributed by atoms with Crippen molar-refractivity contribution in [3.63, 3.8) is 0 Å². The largest absolute Gasteiger partial charge is 0.247 e. The quantitative estimate of drug-likeness (QED) is 0.546. The van der Waals surface area contributed by atoms with Crippen LogP contribution in [-0.4, -0.2) is 6.17 Å². The lowest BCUT2D eigenvalue weighted by molar-refractivity contribution is -0.119. The Bertz CT molecular complexity index is 323. The minimum atomic E-state index is -0.710. The molecule has 19 heavy (non-hydrogen) atoms. The summed E-state index contributed by atoms with van der Waals surface area (Å²) in [6, 6.07) is 0. The lowest BCUT2D eigenvalue weighted by Gasteiger charge is -2.60. The first-order chi connectivity index (χ1) is 8.48. The second kappa shape index (κ2) is 5.22. The van der Waals surface area contributed by atoms with E-state index in [0.29, 0.717) is 5.92 Å². The highest BCUT2D eigenvalue weighted by Gasteiger charge is 2.55. The molecule has 0 aromatic heterocycles. The fourth-order valence-electron chi connectivity index (χ4n) is 4.68. The lowest BCUT2D eigenvalue weighted by Crippen LogP contribution is -2.54. The summed E-state index contributed by atoms with van der Waals surface area (Å²) in [5, 5.41) is 0. The average Bonchev–Trinajstić information content (AvgIpc) is 2.20. The van der Waals surface area contributed by atoms with Gasteiger partial charge in [0.25, 0.3) is 0 Å². The first-order valence-electron chi connectivity index (χ1n) is 7.73. The Labute approximate surface area is 119 Å². The third-order valence-electron chi connectivity index (χ3n) is 6.39. The second-order valence-electron chi connectivity index (χ2n) is 8.34. The minimum absolute atomic E-state index is 0.0303. The molecule has 112 valence electrons. The number of hydrogen-bond acceptors (Lipinski definition) is 0. The fourth-order valence-corrected chi connectivity index (χ4v) is 4.68. The fraction of sp³-hybridized carbons (Fsp3) is 0.889. The second-order valence-corrected chi connectivity index (χ2v) is 8.34. The summed E-state index contributed by atoms with van der Waals surface area (Å²) in [6.45, 7) is 19.6. The first kappa shape index (κ1) is 16.7. The van der Waals surface area contributed by atoms with Gasteiger partial charge in [0.1, 0.15) is 6.17 Å². The molecule has 1 aliphatic carbocycles. The van der Waals surface area contributed by atoms with Gasteiger partial charge in [-0.05, 0) is 54.3 Å². The highest BCUT2D eigenvalue weighted by molar-refractivity contribution is 5.05. The van der Waals surface area contributed by atoms with E-state index in [9.17, 15) is 4.39 Å². The van der Waals surface area contributed by atoms with Crippen molar-refractivity contribution in [3.8, 4) is 0 Å². The van der Waals surface area contributed by atoms with Crippen LogP contribution in [-0.2, 0) is 0 Å². The summed E-state index contributed by atoms with van der Waals surface area (Å²) in [5.74, 6) is 0.793. The predicted molar refractivity (Wildman–Crippen MR) is 82.9 cm³/mol. The molecule has 0 aromatic carbocycles. The number of alkyl halides is 1. The monoisotopic (exact) mass is 268 g/mol. The maximum absolute atomic E-state index is 14.0. The van der Waals surface area contributed by atoms with Gasteiger partial charge in [0, 0.05) is 0 Å². The van der Waals surface area contributed by atoms with E-state index in [-0.39, 0.29) is 22.2 Å². The molecule has 0 nitrogen and oxygen atoms in total. The van der Waals surface area contributed by atoms with Crippen LogP contribution in [0.4, 0.5) is 4.39 Å². The highest BCUT2D eigenvalue weighted by atomic mass is 19.1. The third kappa shape index (κ3) is 2.76. The molecule has 2 unspecified atom stereocenters. The summed E-state index contributed by atoms with van der Waals surface area (Å²) in [4.78, 5) is 0. The maximum Gasteiger partial charge on any atom is 0.101 e. The Morgan fingerprint density at radius 1 is 1.21 bits per heavy atom. The molecule has 0 radical (unpaired) electrons. The van der Waals surface area contributed by atoms with Crippen LogP contribution in [0.5, 0.6) is 0 Å². The number of allylic oxidation sites excluding steroid dienone is 1. The smallest absolute Gasteiger partial charge is 0.101 e. The van der Waals surface area contributed by atoms with E-state index in [4.69, 9.17) is 0 Å². The molecular formula is C18H33F. The van der Waals surface area contributed by atoms with Gasteiger partial charge >= 0.3 is 0 Å². The molecule has 3 atom stereocenters. The van der Waals surface area contributed by atoms with Gasteiger partial charge in [-0.25, -0.2) is 4.39 Å².